The summed E-state index contributed by atoms with van der Waals surface area (Å²) in [5, 5.41) is 4.60. The van der Waals surface area contributed by atoms with Gasteiger partial charge in [0.15, 0.2) is 0 Å². The second-order valence-electron chi connectivity index (χ2n) is 5.81. The van der Waals surface area contributed by atoms with Crippen LogP contribution < -0.4 is 5.32 Å². The smallest absolute Gasteiger partial charge is 0.0456 e. The minimum absolute atomic E-state index is 0.427. The highest BCUT2D eigenvalue weighted by atomic mass is 35.5. The molecule has 0 radical (unpaired) electrons. The van der Waals surface area contributed by atoms with E-state index in [1.165, 1.54) is 49.7 Å². The van der Waals surface area contributed by atoms with Crippen molar-refractivity contribution in [2.75, 3.05) is 6.54 Å². The normalized spacial score (nSPS) is 19.1. The second kappa shape index (κ2) is 7.31. The van der Waals surface area contributed by atoms with Crippen molar-refractivity contribution in [1.82, 2.24) is 5.32 Å². The van der Waals surface area contributed by atoms with Crippen molar-refractivity contribution < 1.29 is 0 Å². The fraction of sp³-hybridized carbons (Fsp3) is 0.647. The van der Waals surface area contributed by atoms with Crippen molar-refractivity contribution in [3.63, 3.8) is 0 Å². The molecule has 0 saturated heterocycles. The van der Waals surface area contributed by atoms with E-state index in [1.54, 1.807) is 0 Å². The fourth-order valence-corrected chi connectivity index (χ4v) is 3.63. The molecule has 1 atom stereocenters. The van der Waals surface area contributed by atoms with E-state index in [0.717, 1.165) is 17.5 Å². The van der Waals surface area contributed by atoms with Gasteiger partial charge in [-0.2, -0.15) is 0 Å². The van der Waals surface area contributed by atoms with Gasteiger partial charge in [-0.25, -0.2) is 0 Å². The van der Waals surface area contributed by atoms with Crippen molar-refractivity contribution in [3.8, 4) is 0 Å². The molecular formula is C17H26ClN. The maximum Gasteiger partial charge on any atom is 0.0456 e. The molecule has 1 aliphatic carbocycles. The Morgan fingerprint density at radius 2 is 1.89 bits per heavy atom. The number of nitrogens with one attached hydrogen (secondary N) is 1. The van der Waals surface area contributed by atoms with E-state index < -0.39 is 0 Å². The monoisotopic (exact) mass is 279 g/mol. The van der Waals surface area contributed by atoms with E-state index in [1.807, 2.05) is 0 Å². The molecule has 1 N–H and O–H groups in total. The largest absolute Gasteiger partial charge is 0.310 e. The topological polar surface area (TPSA) is 12.0 Å². The summed E-state index contributed by atoms with van der Waals surface area (Å²) in [5.41, 5.74) is 2.53. The molecule has 106 valence electrons. The van der Waals surface area contributed by atoms with Crippen LogP contribution in [0.4, 0.5) is 0 Å². The summed E-state index contributed by atoms with van der Waals surface area (Å²) in [6.45, 7) is 5.29. The lowest BCUT2D eigenvalue weighted by atomic mass is 9.87. The van der Waals surface area contributed by atoms with E-state index >= 15 is 0 Å². The van der Waals surface area contributed by atoms with Gasteiger partial charge >= 0.3 is 0 Å². The molecule has 19 heavy (non-hydrogen) atoms. The molecule has 0 bridgehead atoms. The van der Waals surface area contributed by atoms with E-state index in [4.69, 9.17) is 11.6 Å². The van der Waals surface area contributed by atoms with Gasteiger partial charge in [-0.15, -0.1) is 0 Å². The van der Waals surface area contributed by atoms with Crippen LogP contribution in [0, 0.1) is 12.8 Å². The molecule has 0 spiro atoms. The predicted octanol–water partition coefficient (Wildman–Crippen LogP) is 5.27. The Kier molecular flexibility index (Phi) is 5.72. The number of aryl methyl sites for hydroxylation is 1. The first-order valence-electron chi connectivity index (χ1n) is 7.71. The first-order valence-corrected chi connectivity index (χ1v) is 8.09. The molecule has 1 nitrogen and oxygen atoms in total. The molecule has 2 rings (SSSR count). The van der Waals surface area contributed by atoms with Gasteiger partial charge in [-0.05, 0) is 49.4 Å². The quantitative estimate of drug-likeness (QED) is 0.741. The summed E-state index contributed by atoms with van der Waals surface area (Å²) < 4.78 is 0. The number of rotatable bonds is 4. The highest BCUT2D eigenvalue weighted by Crippen LogP contribution is 2.36. The lowest BCUT2D eigenvalue weighted by Gasteiger charge is -2.28. The van der Waals surface area contributed by atoms with Crippen LogP contribution in [0.5, 0.6) is 0 Å². The fourth-order valence-electron chi connectivity index (χ4n) is 3.28. The Labute approximate surface area is 122 Å². The first kappa shape index (κ1) is 14.9. The number of benzene rings is 1. The van der Waals surface area contributed by atoms with Crippen molar-refractivity contribution in [2.45, 2.75) is 58.4 Å². The second-order valence-corrected chi connectivity index (χ2v) is 6.22. The van der Waals surface area contributed by atoms with Gasteiger partial charge in [-0.3, -0.25) is 0 Å². The Morgan fingerprint density at radius 1 is 1.21 bits per heavy atom. The summed E-state index contributed by atoms with van der Waals surface area (Å²) in [5.74, 6) is 0.739. The summed E-state index contributed by atoms with van der Waals surface area (Å²) in [6.07, 6.45) is 8.21. The van der Waals surface area contributed by atoms with Crippen LogP contribution >= 0.6 is 11.6 Å². The minimum atomic E-state index is 0.427. The third kappa shape index (κ3) is 3.97. The molecule has 1 saturated carbocycles. The maximum atomic E-state index is 6.48. The summed E-state index contributed by atoms with van der Waals surface area (Å²) in [7, 11) is 0. The molecule has 1 aromatic carbocycles. The lowest BCUT2D eigenvalue weighted by molar-refractivity contribution is 0.330. The van der Waals surface area contributed by atoms with E-state index in [0.29, 0.717) is 6.04 Å². The van der Waals surface area contributed by atoms with Crippen LogP contribution in [0.25, 0.3) is 0 Å². The summed E-state index contributed by atoms with van der Waals surface area (Å²) in [4.78, 5) is 0. The minimum Gasteiger partial charge on any atom is -0.310 e. The van der Waals surface area contributed by atoms with Crippen LogP contribution in [-0.2, 0) is 0 Å². The van der Waals surface area contributed by atoms with Gasteiger partial charge in [0, 0.05) is 11.1 Å². The third-order valence-corrected chi connectivity index (χ3v) is 4.61. The Bertz CT molecular complexity index is 394. The summed E-state index contributed by atoms with van der Waals surface area (Å²) in [6, 6.07) is 6.92. The van der Waals surface area contributed by atoms with Crippen molar-refractivity contribution in [2.24, 2.45) is 5.92 Å². The van der Waals surface area contributed by atoms with E-state index in [2.05, 4.69) is 37.4 Å². The Morgan fingerprint density at radius 3 is 2.47 bits per heavy atom. The number of hydrogen-bond acceptors (Lipinski definition) is 1. The molecule has 0 heterocycles. The number of hydrogen-bond donors (Lipinski definition) is 1. The van der Waals surface area contributed by atoms with E-state index in [-0.39, 0.29) is 0 Å². The SMILES string of the molecule is CCNC(c1ccc(C)cc1Cl)C1CCCCCC1. The average Bonchev–Trinajstić information content (AvgIpc) is 2.65. The van der Waals surface area contributed by atoms with Crippen LogP contribution in [0.15, 0.2) is 18.2 Å². The molecule has 1 fully saturated rings. The highest BCUT2D eigenvalue weighted by molar-refractivity contribution is 6.31. The van der Waals surface area contributed by atoms with Crippen molar-refractivity contribution >= 4 is 11.6 Å². The van der Waals surface area contributed by atoms with Crippen LogP contribution in [-0.4, -0.2) is 6.54 Å². The Hall–Kier alpha value is -0.530. The van der Waals surface area contributed by atoms with E-state index in [9.17, 15) is 0 Å². The third-order valence-electron chi connectivity index (χ3n) is 4.29. The standard InChI is InChI=1S/C17H26ClN/c1-3-19-17(14-8-6-4-5-7-9-14)15-11-10-13(2)12-16(15)18/h10-12,14,17,19H,3-9H2,1-2H3. The molecule has 2 heteroatoms. The average molecular weight is 280 g/mol. The molecular weight excluding hydrogens is 254 g/mol. The first-order chi connectivity index (χ1) is 9.22. The van der Waals surface area contributed by atoms with Crippen LogP contribution in [0.2, 0.25) is 5.02 Å². The molecule has 1 aromatic rings. The zero-order chi connectivity index (χ0) is 13.7. The number of halogens is 1. The van der Waals surface area contributed by atoms with Gasteiger partial charge in [0.1, 0.15) is 0 Å². The molecule has 0 aliphatic heterocycles. The van der Waals surface area contributed by atoms with Gasteiger partial charge in [0.25, 0.3) is 0 Å². The van der Waals surface area contributed by atoms with Crippen LogP contribution in [0.1, 0.15) is 62.6 Å². The lowest BCUT2D eigenvalue weighted by Crippen LogP contribution is -2.28. The van der Waals surface area contributed by atoms with Crippen molar-refractivity contribution in [3.05, 3.63) is 34.3 Å². The zero-order valence-electron chi connectivity index (χ0n) is 12.2. The van der Waals surface area contributed by atoms with Crippen LogP contribution in [0.3, 0.4) is 0 Å². The zero-order valence-corrected chi connectivity index (χ0v) is 13.0. The van der Waals surface area contributed by atoms with Gasteiger partial charge < -0.3 is 5.32 Å². The van der Waals surface area contributed by atoms with Gasteiger partial charge in [0.2, 0.25) is 0 Å². The predicted molar refractivity (Wildman–Crippen MR) is 83.8 cm³/mol. The summed E-state index contributed by atoms with van der Waals surface area (Å²) >= 11 is 6.48. The van der Waals surface area contributed by atoms with Gasteiger partial charge in [-0.1, -0.05) is 56.3 Å². The molecule has 0 aromatic heterocycles. The maximum absolute atomic E-state index is 6.48. The molecule has 1 unspecified atom stereocenters. The van der Waals surface area contributed by atoms with Gasteiger partial charge in [0.05, 0.1) is 0 Å². The Balaban J connectivity index is 2.22. The highest BCUT2D eigenvalue weighted by Gasteiger charge is 2.25. The molecule has 1 aliphatic rings. The van der Waals surface area contributed by atoms with Crippen molar-refractivity contribution in [1.29, 1.82) is 0 Å². The molecule has 0 amide bonds.